The number of carbonyl (C=O) groups excluding carboxylic acids is 2. The van der Waals surface area contributed by atoms with Gasteiger partial charge in [0.2, 0.25) is 0 Å². The molecule has 0 spiro atoms. The van der Waals surface area contributed by atoms with Crippen molar-refractivity contribution in [1.29, 1.82) is 0 Å². The third-order valence-electron chi connectivity index (χ3n) is 2.60. The van der Waals surface area contributed by atoms with Crippen molar-refractivity contribution in [2.75, 3.05) is 11.4 Å². The fraction of sp³-hybridized carbons (Fsp3) is 0.533. The molecule has 7 heteroatoms. The highest BCUT2D eigenvalue weighted by atomic mass is 16.6. The maximum Gasteiger partial charge on any atom is 0.414 e. The van der Waals surface area contributed by atoms with Crippen LogP contribution >= 0.6 is 0 Å². The second-order valence-corrected chi connectivity index (χ2v) is 5.74. The maximum atomic E-state index is 12.3. The summed E-state index contributed by atoms with van der Waals surface area (Å²) in [7, 11) is 5.75. The Morgan fingerprint density at radius 2 is 2.00 bits per heavy atom. The van der Waals surface area contributed by atoms with E-state index in [4.69, 9.17) is 17.3 Å². The van der Waals surface area contributed by atoms with Crippen LogP contribution in [0.2, 0.25) is 0 Å². The highest BCUT2D eigenvalue weighted by Gasteiger charge is 2.24. The van der Waals surface area contributed by atoms with Crippen LogP contribution in [-0.4, -0.2) is 37.0 Å². The highest BCUT2D eigenvalue weighted by molar-refractivity contribution is 6.32. The van der Waals surface area contributed by atoms with Gasteiger partial charge in [0, 0.05) is 19.7 Å². The van der Waals surface area contributed by atoms with Gasteiger partial charge in [-0.1, -0.05) is 5.46 Å². The third kappa shape index (κ3) is 5.39. The van der Waals surface area contributed by atoms with Crippen molar-refractivity contribution in [3.63, 3.8) is 0 Å². The largest absolute Gasteiger partial charge is 0.459 e. The molecule has 1 aromatic rings. The number of hydrogen-bond acceptors (Lipinski definition) is 5. The van der Waals surface area contributed by atoms with Crippen molar-refractivity contribution in [3.05, 3.63) is 18.0 Å². The molecule has 0 N–H and O–H groups in total. The predicted molar refractivity (Wildman–Crippen MR) is 84.3 cm³/mol. The van der Waals surface area contributed by atoms with Gasteiger partial charge in [0.15, 0.2) is 0 Å². The van der Waals surface area contributed by atoms with E-state index in [0.29, 0.717) is 23.4 Å². The van der Waals surface area contributed by atoms with Crippen molar-refractivity contribution in [2.45, 2.75) is 46.8 Å². The van der Waals surface area contributed by atoms with Gasteiger partial charge >= 0.3 is 12.1 Å². The average molecular weight is 304 g/mol. The van der Waals surface area contributed by atoms with E-state index < -0.39 is 17.7 Å². The van der Waals surface area contributed by atoms with Crippen LogP contribution in [0.3, 0.4) is 0 Å². The van der Waals surface area contributed by atoms with E-state index in [9.17, 15) is 9.59 Å². The van der Waals surface area contributed by atoms with Crippen molar-refractivity contribution in [1.82, 2.24) is 4.98 Å². The Labute approximate surface area is 132 Å². The Bertz CT molecular complexity index is 555. The molecule has 118 valence electrons. The standard InChI is InChI=1S/C15H21BN2O4/c1-6-18(14(20)22-15(3,4)5)13-7-11(16)8-17-12(13)9-21-10(2)19/h7-8H,6,9H2,1-5H3. The van der Waals surface area contributed by atoms with Crippen LogP contribution in [0.15, 0.2) is 12.3 Å². The zero-order chi connectivity index (χ0) is 16.9. The molecule has 6 nitrogen and oxygen atoms in total. The van der Waals surface area contributed by atoms with Crippen molar-refractivity contribution in [3.8, 4) is 0 Å². The molecule has 0 saturated carbocycles. The average Bonchev–Trinajstić information content (AvgIpc) is 2.36. The Morgan fingerprint density at radius 1 is 1.36 bits per heavy atom. The first kappa shape index (κ1) is 18.0. The fourth-order valence-electron chi connectivity index (χ4n) is 1.73. The number of rotatable bonds is 4. The normalized spacial score (nSPS) is 11.0. The lowest BCUT2D eigenvalue weighted by atomic mass is 9.97. The molecule has 2 radical (unpaired) electrons. The first-order valence-electron chi connectivity index (χ1n) is 7.02. The summed E-state index contributed by atoms with van der Waals surface area (Å²) < 4.78 is 10.3. The first-order valence-corrected chi connectivity index (χ1v) is 7.02. The lowest BCUT2D eigenvalue weighted by Crippen LogP contribution is -2.38. The monoisotopic (exact) mass is 304 g/mol. The van der Waals surface area contributed by atoms with Crippen LogP contribution in [0.4, 0.5) is 10.5 Å². The molecular formula is C15H21BN2O4. The van der Waals surface area contributed by atoms with Crippen LogP contribution in [0.1, 0.15) is 40.3 Å². The number of pyridine rings is 1. The second-order valence-electron chi connectivity index (χ2n) is 5.74. The number of carbonyl (C=O) groups is 2. The van der Waals surface area contributed by atoms with E-state index in [1.54, 1.807) is 26.8 Å². The Balaban J connectivity index is 3.11. The summed E-state index contributed by atoms with van der Waals surface area (Å²) in [6, 6.07) is 1.61. The molecule has 1 rings (SSSR count). The van der Waals surface area contributed by atoms with Crippen LogP contribution in [0.5, 0.6) is 0 Å². The summed E-state index contributed by atoms with van der Waals surface area (Å²) in [4.78, 5) is 28.9. The lowest BCUT2D eigenvalue weighted by Gasteiger charge is -2.27. The van der Waals surface area contributed by atoms with Crippen molar-refractivity contribution < 1.29 is 19.1 Å². The Morgan fingerprint density at radius 3 is 2.50 bits per heavy atom. The van der Waals surface area contributed by atoms with Gasteiger partial charge in [0.05, 0.1) is 5.69 Å². The topological polar surface area (TPSA) is 68.7 Å². The smallest absolute Gasteiger partial charge is 0.414 e. The summed E-state index contributed by atoms with van der Waals surface area (Å²) in [6.07, 6.45) is 0.942. The maximum absolute atomic E-state index is 12.3. The van der Waals surface area contributed by atoms with Gasteiger partial charge in [-0.15, -0.1) is 0 Å². The van der Waals surface area contributed by atoms with E-state index in [0.717, 1.165) is 0 Å². The van der Waals surface area contributed by atoms with E-state index >= 15 is 0 Å². The summed E-state index contributed by atoms with van der Waals surface area (Å²) in [5.74, 6) is -0.426. The number of anilines is 1. The van der Waals surface area contributed by atoms with Gasteiger partial charge in [-0.25, -0.2) is 4.79 Å². The molecule has 0 aliphatic heterocycles. The molecule has 0 fully saturated rings. The Hall–Kier alpha value is -2.05. The Kier molecular flexibility index (Phi) is 5.97. The van der Waals surface area contributed by atoms with Crippen molar-refractivity contribution >= 4 is 31.1 Å². The molecule has 1 aromatic heterocycles. The number of ether oxygens (including phenoxy) is 2. The van der Waals surface area contributed by atoms with Crippen molar-refractivity contribution in [2.24, 2.45) is 0 Å². The van der Waals surface area contributed by atoms with Gasteiger partial charge in [-0.05, 0) is 33.8 Å². The molecule has 22 heavy (non-hydrogen) atoms. The zero-order valence-corrected chi connectivity index (χ0v) is 13.7. The van der Waals surface area contributed by atoms with Gasteiger partial charge in [-0.2, -0.15) is 0 Å². The van der Waals surface area contributed by atoms with Gasteiger partial charge < -0.3 is 9.47 Å². The van der Waals surface area contributed by atoms with Gasteiger partial charge in [0.1, 0.15) is 25.7 Å². The van der Waals surface area contributed by atoms with E-state index in [-0.39, 0.29) is 6.61 Å². The van der Waals surface area contributed by atoms with Gasteiger partial charge in [-0.3, -0.25) is 14.7 Å². The summed E-state index contributed by atoms with van der Waals surface area (Å²) in [5, 5.41) is 0. The molecule has 0 aromatic carbocycles. The van der Waals surface area contributed by atoms with Crippen LogP contribution in [0, 0.1) is 0 Å². The van der Waals surface area contributed by atoms with E-state index in [1.165, 1.54) is 18.0 Å². The molecular weight excluding hydrogens is 283 g/mol. The first-order chi connectivity index (χ1) is 10.1. The van der Waals surface area contributed by atoms with E-state index in [2.05, 4.69) is 4.98 Å². The molecule has 0 atom stereocenters. The minimum atomic E-state index is -0.617. The number of aromatic nitrogens is 1. The zero-order valence-electron chi connectivity index (χ0n) is 13.7. The molecule has 1 heterocycles. The number of esters is 1. The van der Waals surface area contributed by atoms with Crippen LogP contribution < -0.4 is 10.4 Å². The molecule has 0 aliphatic rings. The number of nitrogens with zero attached hydrogens (tertiary/aromatic N) is 2. The number of amides is 1. The minimum Gasteiger partial charge on any atom is -0.459 e. The molecule has 1 amide bonds. The summed E-state index contributed by atoms with van der Waals surface area (Å²) >= 11 is 0. The molecule has 0 saturated heterocycles. The third-order valence-corrected chi connectivity index (χ3v) is 2.60. The lowest BCUT2D eigenvalue weighted by molar-refractivity contribution is -0.142. The second kappa shape index (κ2) is 7.29. The summed E-state index contributed by atoms with van der Waals surface area (Å²) in [6.45, 7) is 8.81. The predicted octanol–water partition coefficient (Wildman–Crippen LogP) is 1.70. The molecule has 0 unspecified atom stereocenters. The molecule has 0 bridgehead atoms. The quantitative estimate of drug-likeness (QED) is 0.625. The fourth-order valence-corrected chi connectivity index (χ4v) is 1.73. The molecule has 0 aliphatic carbocycles. The van der Waals surface area contributed by atoms with Crippen LogP contribution in [-0.2, 0) is 20.9 Å². The van der Waals surface area contributed by atoms with Crippen LogP contribution in [0.25, 0.3) is 0 Å². The highest BCUT2D eigenvalue weighted by Crippen LogP contribution is 2.21. The van der Waals surface area contributed by atoms with E-state index in [1.807, 2.05) is 6.92 Å². The minimum absolute atomic E-state index is 0.0375. The SMILES string of the molecule is [B]c1cnc(COC(C)=O)c(N(CC)C(=O)OC(C)(C)C)c1. The summed E-state index contributed by atoms with van der Waals surface area (Å²) in [5.41, 5.74) is 0.701. The number of hydrogen-bond donors (Lipinski definition) is 0. The van der Waals surface area contributed by atoms with Gasteiger partial charge in [0.25, 0.3) is 0 Å².